The number of carbonyl (C=O) groups is 1. The van der Waals surface area contributed by atoms with Crippen molar-refractivity contribution in [3.8, 4) is 0 Å². The SMILES string of the molecule is CCCCc1ccc2c(N)c(C(=O)Nc3nc4ccccc4s3)sc2n1. The van der Waals surface area contributed by atoms with E-state index in [0.717, 1.165) is 45.4 Å². The maximum atomic E-state index is 12.7. The van der Waals surface area contributed by atoms with E-state index in [1.165, 1.54) is 22.7 Å². The van der Waals surface area contributed by atoms with Crippen LogP contribution in [-0.4, -0.2) is 15.9 Å². The Morgan fingerprint density at radius 3 is 2.81 bits per heavy atom. The number of pyridine rings is 1. The van der Waals surface area contributed by atoms with Crippen LogP contribution >= 0.6 is 22.7 Å². The Bertz CT molecular complexity index is 1070. The number of rotatable bonds is 5. The van der Waals surface area contributed by atoms with Gasteiger partial charge in [-0.3, -0.25) is 10.1 Å². The molecule has 4 rings (SSSR count). The van der Waals surface area contributed by atoms with Gasteiger partial charge in [-0.2, -0.15) is 0 Å². The van der Waals surface area contributed by atoms with E-state index in [9.17, 15) is 4.79 Å². The minimum absolute atomic E-state index is 0.236. The number of hydrogen-bond acceptors (Lipinski definition) is 6. The van der Waals surface area contributed by atoms with Crippen molar-refractivity contribution in [3.05, 3.63) is 47.0 Å². The van der Waals surface area contributed by atoms with Crippen LogP contribution in [0.5, 0.6) is 0 Å². The molecule has 1 aromatic carbocycles. The second-order valence-electron chi connectivity index (χ2n) is 6.04. The zero-order valence-electron chi connectivity index (χ0n) is 14.3. The van der Waals surface area contributed by atoms with Crippen molar-refractivity contribution in [3.63, 3.8) is 0 Å². The monoisotopic (exact) mass is 382 g/mol. The fourth-order valence-corrected chi connectivity index (χ4v) is 4.65. The third kappa shape index (κ3) is 3.15. The molecule has 0 saturated heterocycles. The number of nitrogens with one attached hydrogen (secondary N) is 1. The molecule has 0 atom stereocenters. The molecule has 0 saturated carbocycles. The topological polar surface area (TPSA) is 80.9 Å². The molecular formula is C19H18N4OS2. The summed E-state index contributed by atoms with van der Waals surface area (Å²) in [4.78, 5) is 23.1. The highest BCUT2D eigenvalue weighted by Crippen LogP contribution is 2.34. The van der Waals surface area contributed by atoms with Crippen molar-refractivity contribution >= 4 is 59.8 Å². The number of nitrogens with two attached hydrogens (primary N) is 1. The van der Waals surface area contributed by atoms with Crippen LogP contribution in [0.4, 0.5) is 10.8 Å². The number of anilines is 2. The van der Waals surface area contributed by atoms with Crippen LogP contribution in [0.2, 0.25) is 0 Å². The predicted octanol–water partition coefficient (Wildman–Crippen LogP) is 5.08. The third-order valence-corrected chi connectivity index (χ3v) is 6.22. The largest absolute Gasteiger partial charge is 0.397 e. The first-order chi connectivity index (χ1) is 12.7. The smallest absolute Gasteiger partial charge is 0.269 e. The quantitative estimate of drug-likeness (QED) is 0.504. The van der Waals surface area contributed by atoms with Crippen molar-refractivity contribution in [2.45, 2.75) is 26.2 Å². The Kier molecular flexibility index (Phi) is 4.57. The highest BCUT2D eigenvalue weighted by atomic mass is 32.1. The van der Waals surface area contributed by atoms with E-state index >= 15 is 0 Å². The maximum Gasteiger partial charge on any atom is 0.269 e. The van der Waals surface area contributed by atoms with Crippen LogP contribution in [0.25, 0.3) is 20.4 Å². The first kappa shape index (κ1) is 16.9. The first-order valence-corrected chi connectivity index (χ1v) is 10.1. The molecule has 0 unspecified atom stereocenters. The van der Waals surface area contributed by atoms with Gasteiger partial charge in [-0.15, -0.1) is 11.3 Å². The maximum absolute atomic E-state index is 12.7. The van der Waals surface area contributed by atoms with E-state index in [1.807, 2.05) is 36.4 Å². The molecule has 0 spiro atoms. The van der Waals surface area contributed by atoms with Gasteiger partial charge in [0.2, 0.25) is 0 Å². The summed E-state index contributed by atoms with van der Waals surface area (Å²) >= 11 is 2.78. The van der Waals surface area contributed by atoms with Crippen LogP contribution in [0, 0.1) is 0 Å². The lowest BCUT2D eigenvalue weighted by Crippen LogP contribution is -2.11. The predicted molar refractivity (Wildman–Crippen MR) is 110 cm³/mol. The van der Waals surface area contributed by atoms with Crippen LogP contribution in [0.3, 0.4) is 0 Å². The van der Waals surface area contributed by atoms with Crippen molar-refractivity contribution in [1.29, 1.82) is 0 Å². The molecule has 0 radical (unpaired) electrons. The number of nitrogens with zero attached hydrogens (tertiary/aromatic N) is 2. The van der Waals surface area contributed by atoms with Crippen LogP contribution in [-0.2, 0) is 6.42 Å². The van der Waals surface area contributed by atoms with Crippen molar-refractivity contribution in [2.24, 2.45) is 0 Å². The molecule has 3 aromatic heterocycles. The van der Waals surface area contributed by atoms with Crippen LogP contribution < -0.4 is 11.1 Å². The summed E-state index contributed by atoms with van der Waals surface area (Å²) < 4.78 is 1.04. The molecule has 7 heteroatoms. The number of hydrogen-bond donors (Lipinski definition) is 2. The summed E-state index contributed by atoms with van der Waals surface area (Å²) in [7, 11) is 0. The Labute approximate surface area is 158 Å². The van der Waals surface area contributed by atoms with Gasteiger partial charge in [0.25, 0.3) is 5.91 Å². The van der Waals surface area contributed by atoms with E-state index < -0.39 is 0 Å². The Morgan fingerprint density at radius 1 is 1.15 bits per heavy atom. The van der Waals surface area contributed by atoms with E-state index in [2.05, 4.69) is 22.2 Å². The Hall–Kier alpha value is -2.51. The van der Waals surface area contributed by atoms with Crippen molar-refractivity contribution in [2.75, 3.05) is 11.1 Å². The molecule has 132 valence electrons. The fraction of sp³-hybridized carbons (Fsp3) is 0.211. The van der Waals surface area contributed by atoms with E-state index in [-0.39, 0.29) is 5.91 Å². The second-order valence-corrected chi connectivity index (χ2v) is 8.07. The van der Waals surface area contributed by atoms with Crippen LogP contribution in [0.1, 0.15) is 35.1 Å². The standard InChI is InChI=1S/C19H18N4OS2/c1-2-3-6-11-9-10-12-15(20)16(26-18(12)21-11)17(24)23-19-22-13-7-4-5-8-14(13)25-19/h4-5,7-10H,2-3,6,20H2,1H3,(H,22,23,24). The van der Waals surface area contributed by atoms with Crippen LogP contribution in [0.15, 0.2) is 36.4 Å². The number of nitrogen functional groups attached to an aromatic ring is 1. The molecule has 5 nitrogen and oxygen atoms in total. The number of aryl methyl sites for hydroxylation is 1. The summed E-state index contributed by atoms with van der Waals surface area (Å²) in [6.45, 7) is 2.16. The second kappa shape index (κ2) is 7.01. The molecule has 3 N–H and O–H groups in total. The molecular weight excluding hydrogens is 364 g/mol. The molecule has 0 bridgehead atoms. The molecule has 0 aliphatic carbocycles. The lowest BCUT2D eigenvalue weighted by molar-refractivity contribution is 0.103. The number of para-hydroxylation sites is 1. The fourth-order valence-electron chi connectivity index (χ4n) is 2.78. The Morgan fingerprint density at radius 2 is 2.00 bits per heavy atom. The van der Waals surface area contributed by atoms with Gasteiger partial charge in [0.05, 0.1) is 15.9 Å². The van der Waals surface area contributed by atoms with E-state index in [1.54, 1.807) is 0 Å². The lowest BCUT2D eigenvalue weighted by atomic mass is 10.1. The molecule has 0 fully saturated rings. The van der Waals surface area contributed by atoms with Crippen molar-refractivity contribution in [1.82, 2.24) is 9.97 Å². The zero-order chi connectivity index (χ0) is 18.1. The van der Waals surface area contributed by atoms with Gasteiger partial charge in [0, 0.05) is 11.1 Å². The number of fused-ring (bicyclic) bond motifs is 2. The number of aromatic nitrogens is 2. The summed E-state index contributed by atoms with van der Waals surface area (Å²) in [5.74, 6) is -0.236. The molecule has 0 aliphatic rings. The van der Waals surface area contributed by atoms with E-state index in [0.29, 0.717) is 15.7 Å². The lowest BCUT2D eigenvalue weighted by Gasteiger charge is -2.00. The minimum atomic E-state index is -0.236. The highest BCUT2D eigenvalue weighted by Gasteiger charge is 2.19. The van der Waals surface area contributed by atoms with Gasteiger partial charge in [0.1, 0.15) is 9.71 Å². The first-order valence-electron chi connectivity index (χ1n) is 8.50. The normalized spacial score (nSPS) is 11.3. The average Bonchev–Trinajstić information content (AvgIpc) is 3.20. The van der Waals surface area contributed by atoms with Gasteiger partial charge < -0.3 is 5.73 Å². The molecule has 4 aromatic rings. The van der Waals surface area contributed by atoms with Gasteiger partial charge >= 0.3 is 0 Å². The average molecular weight is 383 g/mol. The zero-order valence-corrected chi connectivity index (χ0v) is 15.9. The summed E-state index contributed by atoms with van der Waals surface area (Å²) in [6, 6.07) is 11.8. The van der Waals surface area contributed by atoms with Gasteiger partial charge in [-0.1, -0.05) is 36.8 Å². The van der Waals surface area contributed by atoms with E-state index in [4.69, 9.17) is 5.73 Å². The number of thiophene rings is 1. The van der Waals surface area contributed by atoms with Gasteiger partial charge in [0.15, 0.2) is 5.13 Å². The highest BCUT2D eigenvalue weighted by molar-refractivity contribution is 7.23. The van der Waals surface area contributed by atoms with Gasteiger partial charge in [-0.25, -0.2) is 9.97 Å². The number of amides is 1. The molecule has 26 heavy (non-hydrogen) atoms. The number of thiazole rings is 1. The third-order valence-electron chi connectivity index (χ3n) is 4.16. The number of benzene rings is 1. The summed E-state index contributed by atoms with van der Waals surface area (Å²) in [5, 5.41) is 4.28. The summed E-state index contributed by atoms with van der Waals surface area (Å²) in [6.07, 6.45) is 3.17. The molecule has 3 heterocycles. The van der Waals surface area contributed by atoms with Gasteiger partial charge in [-0.05, 0) is 37.1 Å². The van der Waals surface area contributed by atoms with Crippen molar-refractivity contribution < 1.29 is 4.79 Å². The summed E-state index contributed by atoms with van der Waals surface area (Å²) in [5.41, 5.74) is 8.61. The molecule has 0 aliphatic heterocycles. The number of unbranched alkanes of at least 4 members (excludes halogenated alkanes) is 1. The number of carbonyl (C=O) groups excluding carboxylic acids is 1. The molecule has 1 amide bonds. The minimum Gasteiger partial charge on any atom is -0.397 e. The Balaban J connectivity index is 1.62.